The molecule has 1 atom stereocenters. The molecule has 1 rings (SSSR count). The van der Waals surface area contributed by atoms with Gasteiger partial charge in [-0.1, -0.05) is 6.07 Å². The highest BCUT2D eigenvalue weighted by atomic mass is 19.1. The first-order valence-electron chi connectivity index (χ1n) is 6.46. The SMILES string of the molecule is CC(CNC(=O)c1cc(C=CC(=O)O)ccc1F)N(C)C. The van der Waals surface area contributed by atoms with Crippen molar-refractivity contribution < 1.29 is 19.1 Å². The van der Waals surface area contributed by atoms with Gasteiger partial charge in [0, 0.05) is 18.7 Å². The number of likely N-dealkylation sites (N-methyl/N-ethyl adjacent to an activating group) is 1. The van der Waals surface area contributed by atoms with E-state index in [1.165, 1.54) is 18.2 Å². The summed E-state index contributed by atoms with van der Waals surface area (Å²) in [5, 5.41) is 11.2. The fraction of sp³-hybridized carbons (Fsp3) is 0.333. The van der Waals surface area contributed by atoms with Gasteiger partial charge in [-0.2, -0.15) is 0 Å². The number of nitrogens with zero attached hydrogens (tertiary/aromatic N) is 1. The Morgan fingerprint density at radius 1 is 1.43 bits per heavy atom. The molecule has 1 amide bonds. The van der Waals surface area contributed by atoms with Gasteiger partial charge in [0.15, 0.2) is 0 Å². The van der Waals surface area contributed by atoms with Crippen molar-refractivity contribution in [2.75, 3.05) is 20.6 Å². The Hall–Kier alpha value is -2.21. The number of rotatable bonds is 6. The van der Waals surface area contributed by atoms with E-state index in [1.54, 1.807) is 0 Å². The molecule has 0 fully saturated rings. The number of halogens is 1. The van der Waals surface area contributed by atoms with Crippen LogP contribution in [0.5, 0.6) is 0 Å². The highest BCUT2D eigenvalue weighted by molar-refractivity contribution is 5.95. The van der Waals surface area contributed by atoms with Gasteiger partial charge in [-0.25, -0.2) is 9.18 Å². The van der Waals surface area contributed by atoms with Crippen LogP contribution in [0, 0.1) is 5.82 Å². The minimum Gasteiger partial charge on any atom is -0.478 e. The Labute approximate surface area is 123 Å². The Kier molecular flexibility index (Phi) is 6.05. The van der Waals surface area contributed by atoms with E-state index in [1.807, 2.05) is 25.9 Å². The van der Waals surface area contributed by atoms with E-state index in [-0.39, 0.29) is 11.6 Å². The molecular formula is C15H19FN2O3. The maximum Gasteiger partial charge on any atom is 0.328 e. The number of hydrogen-bond acceptors (Lipinski definition) is 3. The van der Waals surface area contributed by atoms with Crippen LogP contribution in [0.1, 0.15) is 22.8 Å². The number of nitrogens with one attached hydrogen (secondary N) is 1. The zero-order valence-corrected chi connectivity index (χ0v) is 12.3. The zero-order valence-electron chi connectivity index (χ0n) is 12.3. The number of carbonyl (C=O) groups excluding carboxylic acids is 1. The van der Waals surface area contributed by atoms with Crippen molar-refractivity contribution in [2.45, 2.75) is 13.0 Å². The summed E-state index contributed by atoms with van der Waals surface area (Å²) in [6, 6.07) is 4.00. The average Bonchev–Trinajstić information content (AvgIpc) is 2.43. The summed E-state index contributed by atoms with van der Waals surface area (Å²) in [6.07, 6.45) is 2.24. The van der Waals surface area contributed by atoms with E-state index in [4.69, 9.17) is 5.11 Å². The van der Waals surface area contributed by atoms with Gasteiger partial charge in [-0.05, 0) is 44.8 Å². The second-order valence-electron chi connectivity index (χ2n) is 4.93. The van der Waals surface area contributed by atoms with Crippen molar-refractivity contribution in [3.05, 3.63) is 41.2 Å². The molecule has 1 aromatic carbocycles. The first kappa shape index (κ1) is 16.8. The van der Waals surface area contributed by atoms with E-state index >= 15 is 0 Å². The topological polar surface area (TPSA) is 69.6 Å². The lowest BCUT2D eigenvalue weighted by Crippen LogP contribution is -2.38. The van der Waals surface area contributed by atoms with E-state index < -0.39 is 17.7 Å². The highest BCUT2D eigenvalue weighted by Gasteiger charge is 2.13. The third-order valence-corrected chi connectivity index (χ3v) is 3.09. The summed E-state index contributed by atoms with van der Waals surface area (Å²) in [6.45, 7) is 2.32. The quantitative estimate of drug-likeness (QED) is 0.782. The van der Waals surface area contributed by atoms with E-state index in [2.05, 4.69) is 5.32 Å². The molecule has 0 aliphatic rings. The molecule has 6 heteroatoms. The molecule has 1 aromatic rings. The monoisotopic (exact) mass is 294 g/mol. The minimum absolute atomic E-state index is 0.103. The van der Waals surface area contributed by atoms with Crippen molar-refractivity contribution >= 4 is 18.0 Å². The summed E-state index contributed by atoms with van der Waals surface area (Å²) in [7, 11) is 3.77. The summed E-state index contributed by atoms with van der Waals surface area (Å²) in [4.78, 5) is 24.4. The van der Waals surface area contributed by atoms with E-state index in [0.717, 1.165) is 12.1 Å². The lowest BCUT2D eigenvalue weighted by Gasteiger charge is -2.20. The zero-order chi connectivity index (χ0) is 16.0. The van der Waals surface area contributed by atoms with Gasteiger partial charge in [0.05, 0.1) is 5.56 Å². The predicted molar refractivity (Wildman–Crippen MR) is 78.6 cm³/mol. The maximum atomic E-state index is 13.7. The van der Waals surface area contributed by atoms with Gasteiger partial charge in [0.1, 0.15) is 5.82 Å². The molecule has 0 radical (unpaired) electrons. The summed E-state index contributed by atoms with van der Waals surface area (Å²) in [5.41, 5.74) is 0.345. The molecule has 0 spiro atoms. The van der Waals surface area contributed by atoms with Crippen molar-refractivity contribution in [3.8, 4) is 0 Å². The highest BCUT2D eigenvalue weighted by Crippen LogP contribution is 2.12. The van der Waals surface area contributed by atoms with Crippen LogP contribution in [0.4, 0.5) is 4.39 Å². The maximum absolute atomic E-state index is 13.7. The molecule has 0 saturated heterocycles. The molecule has 0 aliphatic heterocycles. The first-order chi connectivity index (χ1) is 9.81. The fourth-order valence-electron chi connectivity index (χ4n) is 1.51. The fourth-order valence-corrected chi connectivity index (χ4v) is 1.51. The largest absolute Gasteiger partial charge is 0.478 e. The third kappa shape index (κ3) is 5.35. The lowest BCUT2D eigenvalue weighted by molar-refractivity contribution is -0.131. The van der Waals surface area contributed by atoms with Gasteiger partial charge < -0.3 is 15.3 Å². The normalized spacial score (nSPS) is 12.6. The number of benzene rings is 1. The third-order valence-electron chi connectivity index (χ3n) is 3.09. The van der Waals surface area contributed by atoms with Crippen LogP contribution in [0.25, 0.3) is 6.08 Å². The van der Waals surface area contributed by atoms with Gasteiger partial charge in [0.25, 0.3) is 5.91 Å². The standard InChI is InChI=1S/C15H19FN2O3/c1-10(18(2)3)9-17-15(21)12-8-11(4-6-13(12)16)5-7-14(19)20/h4-8,10H,9H2,1-3H3,(H,17,21)(H,19,20). The summed E-state index contributed by atoms with van der Waals surface area (Å²) >= 11 is 0. The van der Waals surface area contributed by atoms with Crippen LogP contribution in [0.2, 0.25) is 0 Å². The molecule has 0 saturated carbocycles. The Morgan fingerprint density at radius 3 is 2.67 bits per heavy atom. The molecular weight excluding hydrogens is 275 g/mol. The molecule has 0 aliphatic carbocycles. The average molecular weight is 294 g/mol. The van der Waals surface area contributed by atoms with Gasteiger partial charge in [-0.15, -0.1) is 0 Å². The van der Waals surface area contributed by atoms with E-state index in [0.29, 0.717) is 12.1 Å². The predicted octanol–water partition coefficient (Wildman–Crippen LogP) is 1.60. The summed E-state index contributed by atoms with van der Waals surface area (Å²) < 4.78 is 13.7. The molecule has 1 unspecified atom stereocenters. The van der Waals surface area contributed by atoms with Gasteiger partial charge in [0.2, 0.25) is 0 Å². The number of carboxylic acids is 1. The summed E-state index contributed by atoms with van der Waals surface area (Å²) in [5.74, 6) is -2.27. The minimum atomic E-state index is -1.11. The van der Waals surface area contributed by atoms with Gasteiger partial charge >= 0.3 is 5.97 Å². The number of hydrogen-bond donors (Lipinski definition) is 2. The van der Waals surface area contributed by atoms with Gasteiger partial charge in [-0.3, -0.25) is 4.79 Å². The second-order valence-corrected chi connectivity index (χ2v) is 4.93. The van der Waals surface area contributed by atoms with Crippen molar-refractivity contribution in [2.24, 2.45) is 0 Å². The Morgan fingerprint density at radius 2 is 2.10 bits per heavy atom. The molecule has 21 heavy (non-hydrogen) atoms. The first-order valence-corrected chi connectivity index (χ1v) is 6.46. The second kappa shape index (κ2) is 7.54. The number of carbonyl (C=O) groups is 2. The smallest absolute Gasteiger partial charge is 0.328 e. The Bertz CT molecular complexity index is 556. The number of amides is 1. The lowest BCUT2D eigenvalue weighted by atomic mass is 10.1. The van der Waals surface area contributed by atoms with Crippen molar-refractivity contribution in [3.63, 3.8) is 0 Å². The molecule has 0 bridgehead atoms. The number of carboxylic acid groups (broad SMARTS) is 1. The van der Waals surface area contributed by atoms with Crippen molar-refractivity contribution in [1.29, 1.82) is 0 Å². The number of aliphatic carboxylic acids is 1. The molecule has 2 N–H and O–H groups in total. The molecule has 114 valence electrons. The molecule has 0 heterocycles. The Balaban J connectivity index is 2.83. The van der Waals surface area contributed by atoms with E-state index in [9.17, 15) is 14.0 Å². The molecule has 0 aromatic heterocycles. The van der Waals surface area contributed by atoms with Crippen LogP contribution in [-0.2, 0) is 4.79 Å². The van der Waals surface area contributed by atoms with Crippen LogP contribution >= 0.6 is 0 Å². The van der Waals surface area contributed by atoms with Crippen LogP contribution in [0.15, 0.2) is 24.3 Å². The van der Waals surface area contributed by atoms with Crippen LogP contribution in [0.3, 0.4) is 0 Å². The van der Waals surface area contributed by atoms with Crippen molar-refractivity contribution in [1.82, 2.24) is 10.2 Å². The van der Waals surface area contributed by atoms with Crippen LogP contribution in [-0.4, -0.2) is 48.6 Å². The van der Waals surface area contributed by atoms with Crippen LogP contribution < -0.4 is 5.32 Å². The molecule has 5 nitrogen and oxygen atoms in total.